The van der Waals surface area contributed by atoms with Gasteiger partial charge in [-0.2, -0.15) is 0 Å². The van der Waals surface area contributed by atoms with Crippen molar-refractivity contribution in [2.75, 3.05) is 0 Å². The zero-order valence-corrected chi connectivity index (χ0v) is 9.23. The highest BCUT2D eigenvalue weighted by Crippen LogP contribution is 2.30. The molecule has 5 heteroatoms. The minimum atomic E-state index is -1.06. The average molecular weight is 234 g/mol. The fourth-order valence-corrected chi connectivity index (χ4v) is 1.58. The third-order valence-corrected chi connectivity index (χ3v) is 2.55. The second-order valence-electron chi connectivity index (χ2n) is 3.42. The molecule has 0 bridgehead atoms. The summed E-state index contributed by atoms with van der Waals surface area (Å²) < 4.78 is 0. The van der Waals surface area contributed by atoms with Crippen LogP contribution in [0.1, 0.15) is 19.4 Å². The van der Waals surface area contributed by atoms with Gasteiger partial charge >= 0.3 is 5.97 Å². The number of pyridine rings is 1. The van der Waals surface area contributed by atoms with E-state index in [9.17, 15) is 4.79 Å². The normalized spacial score (nSPS) is 11.4. The zero-order valence-electron chi connectivity index (χ0n) is 7.71. The van der Waals surface area contributed by atoms with Gasteiger partial charge in [-0.25, -0.2) is 4.98 Å². The van der Waals surface area contributed by atoms with E-state index in [1.165, 1.54) is 12.3 Å². The summed E-state index contributed by atoms with van der Waals surface area (Å²) in [6.07, 6.45) is 1.39. The molecule has 1 heterocycles. The standard InChI is InChI=1S/C9H9Cl2NO2/c1-9(2,8(13)14)5-4-12-7(11)3-6(5)10/h3-4H,1-2H3,(H,13,14). The molecule has 0 amide bonds. The Morgan fingerprint density at radius 2 is 2.07 bits per heavy atom. The molecule has 0 atom stereocenters. The minimum absolute atomic E-state index is 0.250. The van der Waals surface area contributed by atoms with Gasteiger partial charge in [-0.15, -0.1) is 0 Å². The van der Waals surface area contributed by atoms with Crippen molar-refractivity contribution in [2.45, 2.75) is 19.3 Å². The first-order chi connectivity index (χ1) is 6.35. The second kappa shape index (κ2) is 3.75. The van der Waals surface area contributed by atoms with Crippen LogP contribution in [0.3, 0.4) is 0 Å². The number of rotatable bonds is 2. The van der Waals surface area contributed by atoms with Gasteiger partial charge in [0.2, 0.25) is 0 Å². The van der Waals surface area contributed by atoms with Crippen LogP contribution in [0.2, 0.25) is 10.2 Å². The summed E-state index contributed by atoms with van der Waals surface area (Å²) in [6, 6.07) is 1.43. The van der Waals surface area contributed by atoms with Crippen molar-refractivity contribution in [3.05, 3.63) is 28.0 Å². The average Bonchev–Trinajstić information content (AvgIpc) is 2.02. The molecule has 76 valence electrons. The predicted octanol–water partition coefficient (Wildman–Crippen LogP) is 2.75. The lowest BCUT2D eigenvalue weighted by Gasteiger charge is -2.20. The largest absolute Gasteiger partial charge is 0.481 e. The summed E-state index contributed by atoms with van der Waals surface area (Å²) in [5.74, 6) is -0.955. The molecular weight excluding hydrogens is 225 g/mol. The van der Waals surface area contributed by atoms with Crippen molar-refractivity contribution < 1.29 is 9.90 Å². The Hall–Kier alpha value is -0.800. The van der Waals surface area contributed by atoms with Crippen LogP contribution in [0.25, 0.3) is 0 Å². The van der Waals surface area contributed by atoms with E-state index >= 15 is 0 Å². The van der Waals surface area contributed by atoms with Gasteiger partial charge in [0.15, 0.2) is 0 Å². The molecule has 0 unspecified atom stereocenters. The Labute approximate surface area is 91.7 Å². The van der Waals surface area contributed by atoms with E-state index in [0.29, 0.717) is 10.6 Å². The molecule has 1 rings (SSSR count). The Kier molecular flexibility index (Phi) is 3.02. The number of carboxylic acids is 1. The number of aliphatic carboxylic acids is 1. The summed E-state index contributed by atoms with van der Waals surface area (Å²) >= 11 is 11.5. The predicted molar refractivity (Wildman–Crippen MR) is 54.9 cm³/mol. The van der Waals surface area contributed by atoms with E-state index in [1.54, 1.807) is 13.8 Å². The Bertz CT molecular complexity index is 377. The highest BCUT2D eigenvalue weighted by Gasteiger charge is 2.31. The first kappa shape index (κ1) is 11.3. The zero-order chi connectivity index (χ0) is 10.9. The third kappa shape index (κ3) is 1.99. The molecule has 0 saturated heterocycles. The lowest BCUT2D eigenvalue weighted by atomic mass is 9.86. The van der Waals surface area contributed by atoms with E-state index in [4.69, 9.17) is 28.3 Å². The third-order valence-electron chi connectivity index (χ3n) is 2.03. The number of hydrogen-bond acceptors (Lipinski definition) is 2. The van der Waals surface area contributed by atoms with Crippen LogP contribution in [0.15, 0.2) is 12.3 Å². The summed E-state index contributed by atoms with van der Waals surface area (Å²) in [7, 11) is 0. The van der Waals surface area contributed by atoms with Crippen LogP contribution in [-0.2, 0) is 10.2 Å². The van der Waals surface area contributed by atoms with Gasteiger partial charge in [0, 0.05) is 16.8 Å². The quantitative estimate of drug-likeness (QED) is 0.800. The molecule has 3 nitrogen and oxygen atoms in total. The van der Waals surface area contributed by atoms with Crippen LogP contribution in [0.4, 0.5) is 0 Å². The first-order valence-electron chi connectivity index (χ1n) is 3.90. The van der Waals surface area contributed by atoms with Gasteiger partial charge < -0.3 is 5.11 Å². The fraction of sp³-hybridized carbons (Fsp3) is 0.333. The van der Waals surface area contributed by atoms with Gasteiger partial charge in [-0.3, -0.25) is 4.79 Å². The summed E-state index contributed by atoms with van der Waals surface area (Å²) in [6.45, 7) is 3.12. The molecule has 1 aromatic rings. The molecule has 0 aromatic carbocycles. The van der Waals surface area contributed by atoms with Crippen LogP contribution in [0.5, 0.6) is 0 Å². The van der Waals surface area contributed by atoms with Gasteiger partial charge in [0.25, 0.3) is 0 Å². The first-order valence-corrected chi connectivity index (χ1v) is 4.66. The molecule has 0 spiro atoms. The molecule has 0 aliphatic heterocycles. The molecule has 1 aromatic heterocycles. The fourth-order valence-electron chi connectivity index (χ4n) is 0.983. The highest BCUT2D eigenvalue weighted by atomic mass is 35.5. The number of hydrogen-bond donors (Lipinski definition) is 1. The molecular formula is C9H9Cl2NO2. The van der Waals surface area contributed by atoms with Crippen molar-refractivity contribution in [1.29, 1.82) is 0 Å². The van der Waals surface area contributed by atoms with E-state index in [-0.39, 0.29) is 5.15 Å². The maximum Gasteiger partial charge on any atom is 0.313 e. The number of carboxylic acid groups (broad SMARTS) is 1. The van der Waals surface area contributed by atoms with E-state index in [1.807, 2.05) is 0 Å². The molecule has 0 fully saturated rings. The molecule has 1 N–H and O–H groups in total. The maximum atomic E-state index is 10.9. The number of halogens is 2. The number of aromatic nitrogens is 1. The highest BCUT2D eigenvalue weighted by molar-refractivity contribution is 6.34. The number of nitrogens with zero attached hydrogens (tertiary/aromatic N) is 1. The van der Waals surface area contributed by atoms with Crippen LogP contribution >= 0.6 is 23.2 Å². The van der Waals surface area contributed by atoms with Crippen molar-refractivity contribution in [3.8, 4) is 0 Å². The second-order valence-corrected chi connectivity index (χ2v) is 4.21. The van der Waals surface area contributed by atoms with Crippen molar-refractivity contribution >= 4 is 29.2 Å². The summed E-state index contributed by atoms with van der Waals surface area (Å²) in [5, 5.41) is 9.54. The van der Waals surface area contributed by atoms with E-state index in [0.717, 1.165) is 0 Å². The lowest BCUT2D eigenvalue weighted by Crippen LogP contribution is -2.29. The summed E-state index contributed by atoms with van der Waals surface area (Å²) in [4.78, 5) is 14.7. The van der Waals surface area contributed by atoms with Crippen LogP contribution < -0.4 is 0 Å². The molecule has 0 aliphatic rings. The van der Waals surface area contributed by atoms with Crippen molar-refractivity contribution in [2.24, 2.45) is 0 Å². The topological polar surface area (TPSA) is 50.2 Å². The molecule has 0 aliphatic carbocycles. The minimum Gasteiger partial charge on any atom is -0.481 e. The SMILES string of the molecule is CC(C)(C(=O)O)c1cnc(Cl)cc1Cl. The smallest absolute Gasteiger partial charge is 0.313 e. The van der Waals surface area contributed by atoms with Gasteiger partial charge in [-0.05, 0) is 19.9 Å². The van der Waals surface area contributed by atoms with E-state index < -0.39 is 11.4 Å². The van der Waals surface area contributed by atoms with Gasteiger partial charge in [-0.1, -0.05) is 23.2 Å². The van der Waals surface area contributed by atoms with E-state index in [2.05, 4.69) is 4.98 Å². The lowest BCUT2D eigenvalue weighted by molar-refractivity contribution is -0.142. The van der Waals surface area contributed by atoms with Gasteiger partial charge in [0.05, 0.1) is 5.41 Å². The summed E-state index contributed by atoms with van der Waals surface area (Å²) in [5.41, 5.74) is -0.606. The van der Waals surface area contributed by atoms with Crippen LogP contribution in [0, 0.1) is 0 Å². The Morgan fingerprint density at radius 1 is 1.50 bits per heavy atom. The Balaban J connectivity index is 3.26. The molecule has 0 saturated carbocycles. The molecule has 0 radical (unpaired) electrons. The monoisotopic (exact) mass is 233 g/mol. The number of carbonyl (C=O) groups is 1. The Morgan fingerprint density at radius 3 is 2.50 bits per heavy atom. The van der Waals surface area contributed by atoms with Gasteiger partial charge in [0.1, 0.15) is 5.15 Å². The van der Waals surface area contributed by atoms with Crippen molar-refractivity contribution in [1.82, 2.24) is 4.98 Å². The van der Waals surface area contributed by atoms with Crippen LogP contribution in [-0.4, -0.2) is 16.1 Å². The maximum absolute atomic E-state index is 10.9. The van der Waals surface area contributed by atoms with Crippen molar-refractivity contribution in [3.63, 3.8) is 0 Å². The molecule has 14 heavy (non-hydrogen) atoms.